The minimum absolute atomic E-state index is 0.0833. The monoisotopic (exact) mass is 333 g/mol. The number of halogens is 3. The molecule has 2 N–H and O–H groups in total. The summed E-state index contributed by atoms with van der Waals surface area (Å²) >= 11 is 0. The van der Waals surface area contributed by atoms with Crippen molar-refractivity contribution in [3.63, 3.8) is 0 Å². The smallest absolute Gasteiger partial charge is 0.381 e. The summed E-state index contributed by atoms with van der Waals surface area (Å²) in [5, 5.41) is 12.7. The lowest BCUT2D eigenvalue weighted by Crippen LogP contribution is -2.42. The van der Waals surface area contributed by atoms with Gasteiger partial charge in [-0.05, 0) is 23.3 Å². The fraction of sp³-hybridized carbons (Fsp3) is 0.167. The van der Waals surface area contributed by atoms with E-state index in [1.807, 2.05) is 0 Å². The minimum atomic E-state index is -4.41. The van der Waals surface area contributed by atoms with E-state index in [1.165, 1.54) is 6.07 Å². The molecular formula is C18H14F3NO2. The molecule has 2 aromatic rings. The normalized spacial score (nSPS) is 17.7. The van der Waals surface area contributed by atoms with Gasteiger partial charge >= 0.3 is 6.18 Å². The Hall–Kier alpha value is -2.60. The van der Waals surface area contributed by atoms with Crippen molar-refractivity contribution in [2.24, 2.45) is 0 Å². The van der Waals surface area contributed by atoms with Crippen LogP contribution in [0.15, 0.2) is 60.3 Å². The standard InChI is InChI=1S/C18H14F3NO2/c19-18(20,21)13-8-4-5-11(9-13)10-22-15-14(16(23)17(15)24)12-6-2-1-3-7-12/h1-9,17,22,24H,10H2. The van der Waals surface area contributed by atoms with Gasteiger partial charge in [-0.1, -0.05) is 42.5 Å². The summed E-state index contributed by atoms with van der Waals surface area (Å²) in [5.41, 5.74) is 1.05. The Morgan fingerprint density at radius 3 is 2.42 bits per heavy atom. The highest BCUT2D eigenvalue weighted by Crippen LogP contribution is 2.32. The zero-order valence-electron chi connectivity index (χ0n) is 12.5. The molecule has 124 valence electrons. The van der Waals surface area contributed by atoms with Gasteiger partial charge in [0.15, 0.2) is 11.9 Å². The third-order valence-electron chi connectivity index (χ3n) is 3.84. The topological polar surface area (TPSA) is 49.3 Å². The van der Waals surface area contributed by atoms with Crippen LogP contribution >= 0.6 is 0 Å². The van der Waals surface area contributed by atoms with Gasteiger partial charge in [0.2, 0.25) is 0 Å². The Morgan fingerprint density at radius 2 is 1.75 bits per heavy atom. The highest BCUT2D eigenvalue weighted by atomic mass is 19.4. The van der Waals surface area contributed by atoms with Crippen molar-refractivity contribution in [2.45, 2.75) is 18.8 Å². The number of alkyl halides is 3. The number of aliphatic hydroxyl groups excluding tert-OH is 1. The Labute approximate surface area is 136 Å². The van der Waals surface area contributed by atoms with Crippen molar-refractivity contribution in [3.05, 3.63) is 77.0 Å². The Morgan fingerprint density at radius 1 is 1.04 bits per heavy atom. The van der Waals surface area contributed by atoms with E-state index in [1.54, 1.807) is 36.4 Å². The number of hydrogen-bond donors (Lipinski definition) is 2. The second-order valence-electron chi connectivity index (χ2n) is 5.47. The van der Waals surface area contributed by atoms with Crippen molar-refractivity contribution < 1.29 is 23.1 Å². The quantitative estimate of drug-likeness (QED) is 0.904. The number of ketones is 1. The van der Waals surface area contributed by atoms with Crippen molar-refractivity contribution in [1.29, 1.82) is 0 Å². The molecule has 0 radical (unpaired) electrons. The van der Waals surface area contributed by atoms with Gasteiger partial charge < -0.3 is 10.4 Å². The molecule has 0 saturated heterocycles. The van der Waals surface area contributed by atoms with E-state index in [2.05, 4.69) is 5.32 Å². The maximum absolute atomic E-state index is 12.7. The third kappa shape index (κ3) is 3.05. The molecule has 1 aliphatic rings. The average molecular weight is 333 g/mol. The predicted octanol–water partition coefficient (Wildman–Crippen LogP) is 3.15. The van der Waals surface area contributed by atoms with Crippen LogP contribution in [0.2, 0.25) is 0 Å². The van der Waals surface area contributed by atoms with Gasteiger partial charge in [0.1, 0.15) is 0 Å². The molecule has 6 heteroatoms. The first-order valence-electron chi connectivity index (χ1n) is 7.30. The predicted molar refractivity (Wildman–Crippen MR) is 82.7 cm³/mol. The number of hydrogen-bond acceptors (Lipinski definition) is 3. The maximum Gasteiger partial charge on any atom is 0.416 e. The molecule has 1 unspecified atom stereocenters. The molecule has 3 rings (SSSR count). The van der Waals surface area contributed by atoms with Crippen LogP contribution in [0.3, 0.4) is 0 Å². The molecule has 24 heavy (non-hydrogen) atoms. The number of Topliss-reactive ketones (excluding diaryl/α,β-unsaturated/α-hetero) is 1. The SMILES string of the molecule is O=C1C(c2ccccc2)=C(NCc2cccc(C(F)(F)F)c2)C1O. The summed E-state index contributed by atoms with van der Waals surface area (Å²) in [4.78, 5) is 11.9. The summed E-state index contributed by atoms with van der Waals surface area (Å²) in [6.07, 6.45) is -5.66. The molecule has 0 fully saturated rings. The van der Waals surface area contributed by atoms with Gasteiger partial charge in [-0.2, -0.15) is 13.2 Å². The van der Waals surface area contributed by atoms with Gasteiger partial charge in [-0.25, -0.2) is 0 Å². The van der Waals surface area contributed by atoms with Crippen molar-refractivity contribution in [3.8, 4) is 0 Å². The molecule has 0 aromatic heterocycles. The number of rotatable bonds is 4. The van der Waals surface area contributed by atoms with Crippen LogP contribution in [0.25, 0.3) is 5.57 Å². The van der Waals surface area contributed by atoms with E-state index >= 15 is 0 Å². The second kappa shape index (κ2) is 6.13. The van der Waals surface area contributed by atoms with Gasteiger partial charge in [0.25, 0.3) is 0 Å². The fourth-order valence-corrected chi connectivity index (χ4v) is 2.60. The number of aliphatic hydroxyl groups is 1. The van der Waals surface area contributed by atoms with Gasteiger partial charge in [-0.15, -0.1) is 0 Å². The molecule has 0 aliphatic heterocycles. The molecule has 3 nitrogen and oxygen atoms in total. The molecule has 0 amide bonds. The first kappa shape index (κ1) is 16.3. The molecule has 0 heterocycles. The summed E-state index contributed by atoms with van der Waals surface area (Å²) in [5.74, 6) is -0.396. The minimum Gasteiger partial charge on any atom is -0.381 e. The highest BCUT2D eigenvalue weighted by Gasteiger charge is 2.38. The van der Waals surface area contributed by atoms with E-state index < -0.39 is 23.6 Å². The summed E-state index contributed by atoms with van der Waals surface area (Å²) in [6.45, 7) is 0.0833. The lowest BCUT2D eigenvalue weighted by molar-refractivity contribution is -0.137. The van der Waals surface area contributed by atoms with Crippen molar-refractivity contribution in [1.82, 2.24) is 5.32 Å². The second-order valence-corrected chi connectivity index (χ2v) is 5.47. The lowest BCUT2D eigenvalue weighted by atomic mass is 9.84. The van der Waals surface area contributed by atoms with Crippen molar-refractivity contribution >= 4 is 11.4 Å². The number of nitrogens with one attached hydrogen (secondary N) is 1. The highest BCUT2D eigenvalue weighted by molar-refractivity contribution is 6.31. The van der Waals surface area contributed by atoms with E-state index in [4.69, 9.17) is 0 Å². The Balaban J connectivity index is 1.81. The van der Waals surface area contributed by atoms with Gasteiger partial charge in [-0.3, -0.25) is 4.79 Å². The molecule has 1 atom stereocenters. The Bertz CT molecular complexity index is 797. The average Bonchev–Trinajstić information content (AvgIpc) is 2.58. The number of benzene rings is 2. The van der Waals surface area contributed by atoms with Crippen molar-refractivity contribution in [2.75, 3.05) is 0 Å². The molecule has 1 aliphatic carbocycles. The van der Waals surface area contributed by atoms with Crippen LogP contribution in [0, 0.1) is 0 Å². The molecule has 0 saturated carbocycles. The van der Waals surface area contributed by atoms with E-state index in [0.717, 1.165) is 12.1 Å². The van der Waals surface area contributed by atoms with Crippen LogP contribution in [-0.2, 0) is 17.5 Å². The van der Waals surface area contributed by atoms with Gasteiger partial charge in [0, 0.05) is 6.54 Å². The molecule has 0 spiro atoms. The number of carbonyl (C=O) groups excluding carboxylic acids is 1. The van der Waals surface area contributed by atoms with E-state index in [9.17, 15) is 23.1 Å². The van der Waals surface area contributed by atoms with Crippen LogP contribution in [0.4, 0.5) is 13.2 Å². The molecule has 2 aromatic carbocycles. The summed E-state index contributed by atoms with van der Waals surface area (Å²) in [6, 6.07) is 13.8. The first-order chi connectivity index (χ1) is 11.4. The van der Waals surface area contributed by atoms with E-state index in [0.29, 0.717) is 22.4 Å². The summed E-state index contributed by atoms with van der Waals surface area (Å²) < 4.78 is 38.2. The molecule has 0 bridgehead atoms. The first-order valence-corrected chi connectivity index (χ1v) is 7.30. The maximum atomic E-state index is 12.7. The number of carbonyl (C=O) groups is 1. The zero-order valence-corrected chi connectivity index (χ0v) is 12.5. The van der Waals surface area contributed by atoms with Gasteiger partial charge in [0.05, 0.1) is 16.8 Å². The lowest BCUT2D eigenvalue weighted by Gasteiger charge is -2.29. The van der Waals surface area contributed by atoms with Crippen LogP contribution in [0.1, 0.15) is 16.7 Å². The van der Waals surface area contributed by atoms with Crippen LogP contribution < -0.4 is 5.32 Å². The van der Waals surface area contributed by atoms with Crippen LogP contribution in [0.5, 0.6) is 0 Å². The van der Waals surface area contributed by atoms with E-state index in [-0.39, 0.29) is 6.54 Å². The van der Waals surface area contributed by atoms with Crippen LogP contribution in [-0.4, -0.2) is 17.0 Å². The third-order valence-corrected chi connectivity index (χ3v) is 3.84. The largest absolute Gasteiger partial charge is 0.416 e. The zero-order chi connectivity index (χ0) is 17.3. The Kier molecular flexibility index (Phi) is 4.15. The summed E-state index contributed by atoms with van der Waals surface area (Å²) in [7, 11) is 0. The molecular weight excluding hydrogens is 319 g/mol. The fourth-order valence-electron chi connectivity index (χ4n) is 2.60.